The van der Waals surface area contributed by atoms with Gasteiger partial charge >= 0.3 is 0 Å². The summed E-state index contributed by atoms with van der Waals surface area (Å²) in [5.74, 6) is 0.751. The fourth-order valence-corrected chi connectivity index (χ4v) is 2.35. The molecule has 0 bridgehead atoms. The number of fused-ring (bicyclic) bond motifs is 1. The molecule has 3 nitrogen and oxygen atoms in total. The molecule has 0 unspecified atom stereocenters. The SMILES string of the molecule is COc1cc(/C=C\c2ccc3cc[nH]c3c2)cc(CO)c1. The van der Waals surface area contributed by atoms with Crippen molar-refractivity contribution < 1.29 is 9.84 Å². The minimum absolute atomic E-state index is 0.00642. The molecule has 0 aliphatic heterocycles. The lowest BCUT2D eigenvalue weighted by atomic mass is 10.1. The van der Waals surface area contributed by atoms with Gasteiger partial charge in [-0.1, -0.05) is 24.3 Å². The van der Waals surface area contributed by atoms with Crippen molar-refractivity contribution in [2.45, 2.75) is 6.61 Å². The molecular weight excluding hydrogens is 262 g/mol. The van der Waals surface area contributed by atoms with E-state index in [0.29, 0.717) is 0 Å². The first-order valence-electron chi connectivity index (χ1n) is 6.82. The van der Waals surface area contributed by atoms with Crippen LogP contribution in [0.4, 0.5) is 0 Å². The number of nitrogens with one attached hydrogen (secondary N) is 1. The molecule has 0 saturated heterocycles. The van der Waals surface area contributed by atoms with Crippen LogP contribution in [0.1, 0.15) is 16.7 Å². The minimum atomic E-state index is 0.00642. The average molecular weight is 279 g/mol. The Kier molecular flexibility index (Phi) is 3.75. The summed E-state index contributed by atoms with van der Waals surface area (Å²) in [6.45, 7) is 0.00642. The Hall–Kier alpha value is -2.52. The summed E-state index contributed by atoms with van der Waals surface area (Å²) in [7, 11) is 1.63. The molecule has 2 aromatic carbocycles. The maximum atomic E-state index is 9.28. The second-order valence-electron chi connectivity index (χ2n) is 4.93. The van der Waals surface area contributed by atoms with Crippen LogP contribution in [0.2, 0.25) is 0 Å². The first-order valence-corrected chi connectivity index (χ1v) is 6.82. The van der Waals surface area contributed by atoms with E-state index in [9.17, 15) is 5.11 Å². The number of methoxy groups -OCH3 is 1. The molecule has 3 rings (SSSR count). The Balaban J connectivity index is 1.90. The van der Waals surface area contributed by atoms with Gasteiger partial charge in [0.15, 0.2) is 0 Å². The highest BCUT2D eigenvalue weighted by molar-refractivity contribution is 5.83. The molecule has 0 fully saturated rings. The van der Waals surface area contributed by atoms with Crippen molar-refractivity contribution >= 4 is 23.1 Å². The van der Waals surface area contributed by atoms with E-state index in [0.717, 1.165) is 28.0 Å². The lowest BCUT2D eigenvalue weighted by Crippen LogP contribution is -1.89. The van der Waals surface area contributed by atoms with Crippen LogP contribution in [-0.4, -0.2) is 17.2 Å². The van der Waals surface area contributed by atoms with Gasteiger partial charge < -0.3 is 14.8 Å². The van der Waals surface area contributed by atoms with Gasteiger partial charge in [0, 0.05) is 11.7 Å². The highest BCUT2D eigenvalue weighted by Gasteiger charge is 1.99. The maximum Gasteiger partial charge on any atom is 0.119 e. The van der Waals surface area contributed by atoms with E-state index in [1.54, 1.807) is 7.11 Å². The third kappa shape index (κ3) is 2.98. The summed E-state index contributed by atoms with van der Waals surface area (Å²) in [6, 6.07) is 14.1. The van der Waals surface area contributed by atoms with Gasteiger partial charge in [-0.2, -0.15) is 0 Å². The van der Waals surface area contributed by atoms with Crippen LogP contribution < -0.4 is 4.74 Å². The summed E-state index contributed by atoms with van der Waals surface area (Å²) >= 11 is 0. The lowest BCUT2D eigenvalue weighted by molar-refractivity contribution is 0.281. The molecular formula is C18H17NO2. The molecule has 1 heterocycles. The standard InChI is InChI=1S/C18H17NO2/c1-21-17-9-14(8-15(10-17)12-20)3-2-13-4-5-16-6-7-19-18(16)11-13/h2-11,19-20H,12H2,1H3/b3-2-. The van der Waals surface area contributed by atoms with E-state index in [4.69, 9.17) is 4.74 Å². The van der Waals surface area contributed by atoms with E-state index in [2.05, 4.69) is 35.3 Å². The zero-order chi connectivity index (χ0) is 14.7. The van der Waals surface area contributed by atoms with Crippen LogP contribution >= 0.6 is 0 Å². The number of rotatable bonds is 4. The fourth-order valence-electron chi connectivity index (χ4n) is 2.35. The van der Waals surface area contributed by atoms with E-state index in [1.807, 2.05) is 30.5 Å². The summed E-state index contributed by atoms with van der Waals surface area (Å²) in [5, 5.41) is 10.5. The molecule has 0 radical (unpaired) electrons. The predicted octanol–water partition coefficient (Wildman–Crippen LogP) is 3.84. The topological polar surface area (TPSA) is 45.2 Å². The molecule has 21 heavy (non-hydrogen) atoms. The van der Waals surface area contributed by atoms with Crippen LogP contribution in [0.15, 0.2) is 48.7 Å². The molecule has 2 N–H and O–H groups in total. The predicted molar refractivity (Wildman–Crippen MR) is 86.1 cm³/mol. The van der Waals surface area contributed by atoms with Crippen LogP contribution in [0.25, 0.3) is 23.1 Å². The highest BCUT2D eigenvalue weighted by atomic mass is 16.5. The number of aromatic nitrogens is 1. The largest absolute Gasteiger partial charge is 0.497 e. The number of hydrogen-bond acceptors (Lipinski definition) is 2. The van der Waals surface area contributed by atoms with Gasteiger partial charge in [-0.05, 0) is 52.4 Å². The molecule has 0 amide bonds. The van der Waals surface area contributed by atoms with Crippen molar-refractivity contribution in [2.24, 2.45) is 0 Å². The monoisotopic (exact) mass is 279 g/mol. The molecule has 0 spiro atoms. The Morgan fingerprint density at radius 2 is 1.90 bits per heavy atom. The number of aliphatic hydroxyl groups is 1. The zero-order valence-corrected chi connectivity index (χ0v) is 11.8. The molecule has 0 aliphatic rings. The maximum absolute atomic E-state index is 9.28. The number of aliphatic hydroxyl groups excluding tert-OH is 1. The summed E-state index contributed by atoms with van der Waals surface area (Å²) in [5.41, 5.74) is 4.09. The van der Waals surface area contributed by atoms with Crippen LogP contribution in [0, 0.1) is 0 Å². The third-order valence-electron chi connectivity index (χ3n) is 3.45. The van der Waals surface area contributed by atoms with E-state index in [1.165, 1.54) is 5.39 Å². The van der Waals surface area contributed by atoms with Crippen molar-refractivity contribution in [3.05, 3.63) is 65.4 Å². The fraction of sp³-hybridized carbons (Fsp3) is 0.111. The second-order valence-corrected chi connectivity index (χ2v) is 4.93. The van der Waals surface area contributed by atoms with Crippen LogP contribution in [0.3, 0.4) is 0 Å². The lowest BCUT2D eigenvalue weighted by Gasteiger charge is -2.05. The van der Waals surface area contributed by atoms with Gasteiger partial charge in [0.1, 0.15) is 5.75 Å². The number of hydrogen-bond donors (Lipinski definition) is 2. The quantitative estimate of drug-likeness (QED) is 0.713. The first-order chi connectivity index (χ1) is 10.3. The Labute approximate surface area is 123 Å². The van der Waals surface area contributed by atoms with Crippen LogP contribution in [-0.2, 0) is 6.61 Å². The number of H-pyrrole nitrogens is 1. The van der Waals surface area contributed by atoms with Gasteiger partial charge in [0.05, 0.1) is 13.7 Å². The molecule has 106 valence electrons. The van der Waals surface area contributed by atoms with E-state index >= 15 is 0 Å². The molecule has 1 aromatic heterocycles. The van der Waals surface area contributed by atoms with Gasteiger partial charge in [-0.15, -0.1) is 0 Å². The number of benzene rings is 2. The molecule has 0 atom stereocenters. The van der Waals surface area contributed by atoms with E-state index in [-0.39, 0.29) is 6.61 Å². The van der Waals surface area contributed by atoms with Crippen molar-refractivity contribution in [1.82, 2.24) is 4.98 Å². The second kappa shape index (κ2) is 5.85. The number of aromatic amines is 1. The molecule has 0 aliphatic carbocycles. The number of ether oxygens (including phenoxy) is 1. The van der Waals surface area contributed by atoms with Crippen molar-refractivity contribution in [1.29, 1.82) is 0 Å². The Morgan fingerprint density at radius 1 is 1.05 bits per heavy atom. The Morgan fingerprint density at radius 3 is 2.71 bits per heavy atom. The van der Waals surface area contributed by atoms with Gasteiger partial charge in [-0.3, -0.25) is 0 Å². The van der Waals surface area contributed by atoms with Gasteiger partial charge in [0.25, 0.3) is 0 Å². The van der Waals surface area contributed by atoms with Gasteiger partial charge in [-0.25, -0.2) is 0 Å². The molecule has 3 heteroatoms. The smallest absolute Gasteiger partial charge is 0.119 e. The van der Waals surface area contributed by atoms with Crippen molar-refractivity contribution in [3.8, 4) is 5.75 Å². The minimum Gasteiger partial charge on any atom is -0.497 e. The van der Waals surface area contributed by atoms with E-state index < -0.39 is 0 Å². The third-order valence-corrected chi connectivity index (χ3v) is 3.45. The summed E-state index contributed by atoms with van der Waals surface area (Å²) in [6.07, 6.45) is 6.01. The molecule has 0 saturated carbocycles. The average Bonchev–Trinajstić information content (AvgIpc) is 3.00. The summed E-state index contributed by atoms with van der Waals surface area (Å²) in [4.78, 5) is 3.21. The normalized spacial score (nSPS) is 11.3. The summed E-state index contributed by atoms with van der Waals surface area (Å²) < 4.78 is 5.25. The van der Waals surface area contributed by atoms with Crippen molar-refractivity contribution in [2.75, 3.05) is 7.11 Å². The highest BCUT2D eigenvalue weighted by Crippen LogP contribution is 2.20. The van der Waals surface area contributed by atoms with Crippen molar-refractivity contribution in [3.63, 3.8) is 0 Å². The zero-order valence-electron chi connectivity index (χ0n) is 11.8. The first kappa shape index (κ1) is 13.5. The van der Waals surface area contributed by atoms with Gasteiger partial charge in [0.2, 0.25) is 0 Å². The molecule has 3 aromatic rings. The van der Waals surface area contributed by atoms with Crippen LogP contribution in [0.5, 0.6) is 5.75 Å². The Bertz CT molecular complexity index is 765.